The smallest absolute Gasteiger partial charge is 0.234 e. The van der Waals surface area contributed by atoms with E-state index >= 15 is 0 Å². The molecule has 6 nitrogen and oxygen atoms in total. The van der Waals surface area contributed by atoms with E-state index in [4.69, 9.17) is 4.74 Å². The molecule has 0 unspecified atom stereocenters. The maximum Gasteiger partial charge on any atom is 0.234 e. The molecule has 3 aromatic rings. The summed E-state index contributed by atoms with van der Waals surface area (Å²) in [5, 5.41) is 12.1. The molecular formula is C24H28N4O2S. The SMILES string of the molecule is C=CCn1c(COc2ccc(C(C)C)cc2)nnc1SCC(=O)Nc1cccc(C)c1. The average Bonchev–Trinajstić information content (AvgIpc) is 3.13. The second-order valence-electron chi connectivity index (χ2n) is 7.52. The van der Waals surface area contributed by atoms with Crippen molar-refractivity contribution >= 4 is 23.4 Å². The number of carbonyl (C=O) groups excluding carboxylic acids is 1. The summed E-state index contributed by atoms with van der Waals surface area (Å²) in [7, 11) is 0. The number of anilines is 1. The van der Waals surface area contributed by atoms with Crippen LogP contribution in [-0.4, -0.2) is 26.4 Å². The number of nitrogens with zero attached hydrogens (tertiary/aromatic N) is 3. The maximum atomic E-state index is 12.3. The Morgan fingerprint density at radius 2 is 2.00 bits per heavy atom. The van der Waals surface area contributed by atoms with Gasteiger partial charge in [-0.15, -0.1) is 16.8 Å². The molecule has 1 amide bonds. The van der Waals surface area contributed by atoms with Crippen LogP contribution in [0.15, 0.2) is 66.3 Å². The minimum atomic E-state index is -0.0909. The fourth-order valence-corrected chi connectivity index (χ4v) is 3.76. The normalized spacial score (nSPS) is 10.8. The highest BCUT2D eigenvalue weighted by Gasteiger charge is 2.14. The Balaban J connectivity index is 1.60. The number of amides is 1. The van der Waals surface area contributed by atoms with Gasteiger partial charge in [-0.1, -0.05) is 56.0 Å². The van der Waals surface area contributed by atoms with E-state index in [-0.39, 0.29) is 18.3 Å². The molecule has 31 heavy (non-hydrogen) atoms. The highest BCUT2D eigenvalue weighted by molar-refractivity contribution is 7.99. The van der Waals surface area contributed by atoms with Crippen LogP contribution in [0, 0.1) is 6.92 Å². The van der Waals surface area contributed by atoms with Crippen molar-refractivity contribution in [3.8, 4) is 5.75 Å². The molecule has 7 heteroatoms. The van der Waals surface area contributed by atoms with Crippen LogP contribution < -0.4 is 10.1 Å². The molecule has 0 spiro atoms. The van der Waals surface area contributed by atoms with Gasteiger partial charge in [0.25, 0.3) is 0 Å². The van der Waals surface area contributed by atoms with Crippen LogP contribution in [0.2, 0.25) is 0 Å². The van der Waals surface area contributed by atoms with Gasteiger partial charge >= 0.3 is 0 Å². The minimum absolute atomic E-state index is 0.0909. The molecule has 0 aliphatic rings. The van der Waals surface area contributed by atoms with E-state index in [1.165, 1.54) is 17.3 Å². The first-order valence-electron chi connectivity index (χ1n) is 10.2. The van der Waals surface area contributed by atoms with Gasteiger partial charge in [-0.2, -0.15) is 0 Å². The standard InChI is InChI=1S/C24H28N4O2S/c1-5-13-28-22(15-30-21-11-9-19(10-12-21)17(2)3)26-27-24(28)31-16-23(29)25-20-8-6-7-18(4)14-20/h5-12,14,17H,1,13,15-16H2,2-4H3,(H,25,29). The van der Waals surface area contributed by atoms with Crippen LogP contribution in [0.5, 0.6) is 5.75 Å². The van der Waals surface area contributed by atoms with Crippen molar-refractivity contribution in [2.45, 2.75) is 45.0 Å². The Labute approximate surface area is 187 Å². The highest BCUT2D eigenvalue weighted by Crippen LogP contribution is 2.21. The summed E-state index contributed by atoms with van der Waals surface area (Å²) >= 11 is 1.34. The predicted octanol–water partition coefficient (Wildman–Crippen LogP) is 5.21. The van der Waals surface area contributed by atoms with Gasteiger partial charge in [0.2, 0.25) is 5.91 Å². The minimum Gasteiger partial charge on any atom is -0.486 e. The van der Waals surface area contributed by atoms with Gasteiger partial charge in [0.1, 0.15) is 12.4 Å². The summed E-state index contributed by atoms with van der Waals surface area (Å²) in [6, 6.07) is 15.8. The maximum absolute atomic E-state index is 12.3. The number of aromatic nitrogens is 3. The van der Waals surface area contributed by atoms with Crippen molar-refractivity contribution in [1.29, 1.82) is 0 Å². The lowest BCUT2D eigenvalue weighted by atomic mass is 10.0. The molecule has 1 N–H and O–H groups in total. The molecule has 0 atom stereocenters. The molecule has 0 fully saturated rings. The van der Waals surface area contributed by atoms with E-state index in [2.05, 4.69) is 48.1 Å². The summed E-state index contributed by atoms with van der Waals surface area (Å²) in [5.74, 6) is 2.10. The average molecular weight is 437 g/mol. The number of allylic oxidation sites excluding steroid dienone is 1. The quantitative estimate of drug-likeness (QED) is 0.349. The molecule has 162 valence electrons. The van der Waals surface area contributed by atoms with Gasteiger partial charge in [0.15, 0.2) is 11.0 Å². The predicted molar refractivity (Wildman–Crippen MR) is 126 cm³/mol. The van der Waals surface area contributed by atoms with Crippen molar-refractivity contribution < 1.29 is 9.53 Å². The molecule has 0 aliphatic carbocycles. The summed E-state index contributed by atoms with van der Waals surface area (Å²) in [5.41, 5.74) is 3.15. The van der Waals surface area contributed by atoms with Gasteiger partial charge in [0, 0.05) is 12.2 Å². The fourth-order valence-electron chi connectivity index (χ4n) is 2.99. The largest absolute Gasteiger partial charge is 0.486 e. The van der Waals surface area contributed by atoms with E-state index in [0.29, 0.717) is 23.4 Å². The molecule has 0 bridgehead atoms. The molecule has 0 aliphatic heterocycles. The van der Waals surface area contributed by atoms with E-state index in [1.54, 1.807) is 6.08 Å². The van der Waals surface area contributed by atoms with E-state index in [1.807, 2.05) is 47.9 Å². The van der Waals surface area contributed by atoms with Gasteiger partial charge in [0.05, 0.1) is 5.75 Å². The Morgan fingerprint density at radius 1 is 1.23 bits per heavy atom. The summed E-state index contributed by atoms with van der Waals surface area (Å²) in [6.07, 6.45) is 1.78. The lowest BCUT2D eigenvalue weighted by Crippen LogP contribution is -2.15. The van der Waals surface area contributed by atoms with E-state index in [9.17, 15) is 4.79 Å². The summed E-state index contributed by atoms with van der Waals surface area (Å²) in [6.45, 7) is 11.0. The number of hydrogen-bond acceptors (Lipinski definition) is 5. The third-order valence-corrected chi connectivity index (χ3v) is 5.62. The molecule has 0 saturated heterocycles. The zero-order chi connectivity index (χ0) is 22.2. The number of aryl methyl sites for hydroxylation is 1. The van der Waals surface area contributed by atoms with Gasteiger partial charge in [-0.3, -0.25) is 9.36 Å². The third-order valence-electron chi connectivity index (χ3n) is 4.65. The molecule has 1 aromatic heterocycles. The number of rotatable bonds is 10. The topological polar surface area (TPSA) is 69.0 Å². The van der Waals surface area contributed by atoms with Crippen molar-refractivity contribution in [2.75, 3.05) is 11.1 Å². The number of hydrogen-bond donors (Lipinski definition) is 1. The molecule has 3 rings (SSSR count). The van der Waals surface area contributed by atoms with Crippen LogP contribution in [0.1, 0.15) is 36.7 Å². The first-order valence-corrected chi connectivity index (χ1v) is 11.2. The number of benzene rings is 2. The molecule has 0 saturated carbocycles. The lowest BCUT2D eigenvalue weighted by Gasteiger charge is -2.10. The van der Waals surface area contributed by atoms with Gasteiger partial charge < -0.3 is 10.1 Å². The van der Waals surface area contributed by atoms with Crippen LogP contribution in [0.4, 0.5) is 5.69 Å². The third kappa shape index (κ3) is 6.46. The van der Waals surface area contributed by atoms with Crippen LogP contribution in [0.3, 0.4) is 0 Å². The van der Waals surface area contributed by atoms with Crippen LogP contribution in [-0.2, 0) is 17.9 Å². The summed E-state index contributed by atoms with van der Waals surface area (Å²) < 4.78 is 7.81. The Kier molecular flexibility index (Phi) is 7.89. The van der Waals surface area contributed by atoms with Gasteiger partial charge in [-0.05, 0) is 48.2 Å². The first kappa shape index (κ1) is 22.6. The zero-order valence-electron chi connectivity index (χ0n) is 18.2. The van der Waals surface area contributed by atoms with Crippen LogP contribution >= 0.6 is 11.8 Å². The van der Waals surface area contributed by atoms with Crippen molar-refractivity contribution in [1.82, 2.24) is 14.8 Å². The molecule has 0 radical (unpaired) electrons. The Hall–Kier alpha value is -3.06. The number of nitrogens with one attached hydrogen (secondary N) is 1. The number of carbonyl (C=O) groups is 1. The van der Waals surface area contributed by atoms with Crippen molar-refractivity contribution in [3.05, 3.63) is 78.1 Å². The van der Waals surface area contributed by atoms with Crippen LogP contribution in [0.25, 0.3) is 0 Å². The second-order valence-corrected chi connectivity index (χ2v) is 8.46. The van der Waals surface area contributed by atoms with E-state index in [0.717, 1.165) is 17.0 Å². The Morgan fingerprint density at radius 3 is 2.68 bits per heavy atom. The zero-order valence-corrected chi connectivity index (χ0v) is 19.0. The lowest BCUT2D eigenvalue weighted by molar-refractivity contribution is -0.113. The Bertz CT molecular complexity index is 1030. The van der Waals surface area contributed by atoms with E-state index < -0.39 is 0 Å². The fraction of sp³-hybridized carbons (Fsp3) is 0.292. The van der Waals surface area contributed by atoms with Gasteiger partial charge in [-0.25, -0.2) is 0 Å². The molecule has 2 aromatic carbocycles. The van der Waals surface area contributed by atoms with Crippen molar-refractivity contribution in [2.24, 2.45) is 0 Å². The number of ether oxygens (including phenoxy) is 1. The second kappa shape index (κ2) is 10.8. The monoisotopic (exact) mass is 436 g/mol. The summed E-state index contributed by atoms with van der Waals surface area (Å²) in [4.78, 5) is 12.3. The number of thioether (sulfide) groups is 1. The molecular weight excluding hydrogens is 408 g/mol. The van der Waals surface area contributed by atoms with Crippen molar-refractivity contribution in [3.63, 3.8) is 0 Å². The molecule has 1 heterocycles. The highest BCUT2D eigenvalue weighted by atomic mass is 32.2. The first-order chi connectivity index (χ1) is 15.0.